The van der Waals surface area contributed by atoms with Crippen LogP contribution in [0.3, 0.4) is 0 Å². The minimum Gasteiger partial charge on any atom is -0.493 e. The van der Waals surface area contributed by atoms with Crippen LogP contribution in [0.1, 0.15) is 35.9 Å². The highest BCUT2D eigenvalue weighted by atomic mass is 16.5. The lowest BCUT2D eigenvalue weighted by Gasteiger charge is -2.24. The highest BCUT2D eigenvalue weighted by Gasteiger charge is 2.28. The van der Waals surface area contributed by atoms with Gasteiger partial charge in [-0.2, -0.15) is 0 Å². The maximum absolute atomic E-state index is 12.8. The summed E-state index contributed by atoms with van der Waals surface area (Å²) in [6.45, 7) is 3.17. The Morgan fingerprint density at radius 2 is 1.28 bits per heavy atom. The molecule has 0 aliphatic heterocycles. The number of carbonyl (C=O) groups excluding carboxylic acids is 2. The second-order valence-corrected chi connectivity index (χ2v) is 6.41. The van der Waals surface area contributed by atoms with Crippen molar-refractivity contribution >= 4 is 11.8 Å². The molecule has 0 N–H and O–H groups in total. The van der Waals surface area contributed by atoms with Crippen molar-refractivity contribution in [3.8, 4) is 23.0 Å². The van der Waals surface area contributed by atoms with Crippen molar-refractivity contribution in [1.29, 1.82) is 0 Å². The Morgan fingerprint density at radius 3 is 1.79 bits per heavy atom. The van der Waals surface area contributed by atoms with Gasteiger partial charge in [0.15, 0.2) is 23.0 Å². The van der Waals surface area contributed by atoms with Crippen LogP contribution in [0.25, 0.3) is 0 Å². The lowest BCUT2D eigenvalue weighted by molar-refractivity contribution is -0.123. The van der Waals surface area contributed by atoms with E-state index in [4.69, 9.17) is 23.7 Å². The van der Waals surface area contributed by atoms with E-state index in [-0.39, 0.29) is 11.3 Å². The van der Waals surface area contributed by atoms with Gasteiger partial charge in [0.25, 0.3) is 0 Å². The Hall–Kier alpha value is -3.22. The molecule has 0 saturated carbocycles. The first-order valence-corrected chi connectivity index (χ1v) is 9.01. The fourth-order valence-corrected chi connectivity index (χ4v) is 2.85. The van der Waals surface area contributed by atoms with Crippen LogP contribution in [0.2, 0.25) is 0 Å². The van der Waals surface area contributed by atoms with Crippen molar-refractivity contribution in [3.05, 3.63) is 47.5 Å². The summed E-state index contributed by atoms with van der Waals surface area (Å²) in [5.41, 5.74) is 0.906. The lowest BCUT2D eigenvalue weighted by atomic mass is 9.93. The topological polar surface area (TPSA) is 80.3 Å². The Balaban J connectivity index is 2.39. The third kappa shape index (κ3) is 4.99. The van der Waals surface area contributed by atoms with Gasteiger partial charge in [-0.1, -0.05) is 13.0 Å². The predicted octanol–water partition coefficient (Wildman–Crippen LogP) is 3.84. The van der Waals surface area contributed by atoms with Gasteiger partial charge in [0.05, 0.1) is 39.9 Å². The molecule has 7 nitrogen and oxygen atoms in total. The molecule has 2 aromatic rings. The standard InChI is InChI=1S/C22H26O7/c1-13(14(2)23)21(15-7-9-17(25-3)19(11-15)27-5)29-22(24)16-8-10-18(26-4)20(12-16)28-6/h7-13,21H,1-6H3. The van der Waals surface area contributed by atoms with E-state index < -0.39 is 18.0 Å². The summed E-state index contributed by atoms with van der Waals surface area (Å²) in [4.78, 5) is 24.9. The molecule has 0 saturated heterocycles. The summed E-state index contributed by atoms with van der Waals surface area (Å²) in [6.07, 6.45) is -0.798. The minimum absolute atomic E-state index is 0.107. The zero-order valence-corrected chi connectivity index (χ0v) is 17.5. The molecule has 29 heavy (non-hydrogen) atoms. The third-order valence-corrected chi connectivity index (χ3v) is 4.68. The largest absolute Gasteiger partial charge is 0.493 e. The van der Waals surface area contributed by atoms with Crippen LogP contribution in [0.15, 0.2) is 36.4 Å². The van der Waals surface area contributed by atoms with Crippen LogP contribution in [0, 0.1) is 5.92 Å². The SMILES string of the molecule is COc1ccc(C(=O)OC(c2ccc(OC)c(OC)c2)C(C)C(C)=O)cc1OC. The van der Waals surface area contributed by atoms with E-state index in [2.05, 4.69) is 0 Å². The molecule has 2 unspecified atom stereocenters. The van der Waals surface area contributed by atoms with Gasteiger partial charge >= 0.3 is 5.97 Å². The molecular weight excluding hydrogens is 376 g/mol. The molecule has 2 rings (SSSR count). The van der Waals surface area contributed by atoms with Gasteiger partial charge in [0.2, 0.25) is 0 Å². The average molecular weight is 402 g/mol. The maximum Gasteiger partial charge on any atom is 0.338 e. The van der Waals surface area contributed by atoms with E-state index in [0.717, 1.165) is 0 Å². The number of Topliss-reactive ketones (excluding diaryl/α,β-unsaturated/α-hetero) is 1. The van der Waals surface area contributed by atoms with Gasteiger partial charge in [-0.3, -0.25) is 4.79 Å². The van der Waals surface area contributed by atoms with Crippen LogP contribution >= 0.6 is 0 Å². The molecule has 0 aromatic heterocycles. The molecule has 0 amide bonds. The van der Waals surface area contributed by atoms with Crippen molar-refractivity contribution in [2.24, 2.45) is 5.92 Å². The summed E-state index contributed by atoms with van der Waals surface area (Å²) < 4.78 is 26.8. The second-order valence-electron chi connectivity index (χ2n) is 6.41. The van der Waals surface area contributed by atoms with Gasteiger partial charge in [0, 0.05) is 0 Å². The smallest absolute Gasteiger partial charge is 0.338 e. The van der Waals surface area contributed by atoms with Crippen LogP contribution in [-0.4, -0.2) is 40.2 Å². The van der Waals surface area contributed by atoms with Crippen LogP contribution in [-0.2, 0) is 9.53 Å². The van der Waals surface area contributed by atoms with Gasteiger partial charge in [-0.15, -0.1) is 0 Å². The number of ether oxygens (including phenoxy) is 5. The number of ketones is 1. The first-order valence-electron chi connectivity index (χ1n) is 9.01. The highest BCUT2D eigenvalue weighted by molar-refractivity contribution is 5.91. The van der Waals surface area contributed by atoms with Gasteiger partial charge in [-0.05, 0) is 42.8 Å². The van der Waals surface area contributed by atoms with Gasteiger partial charge < -0.3 is 23.7 Å². The Bertz CT molecular complexity index is 875. The summed E-state index contributed by atoms with van der Waals surface area (Å²) >= 11 is 0. The Morgan fingerprint density at radius 1 is 0.759 bits per heavy atom. The predicted molar refractivity (Wildman–Crippen MR) is 107 cm³/mol. The van der Waals surface area contributed by atoms with E-state index in [1.807, 2.05) is 0 Å². The zero-order valence-electron chi connectivity index (χ0n) is 17.5. The molecule has 0 bridgehead atoms. The number of carbonyl (C=O) groups is 2. The first kappa shape index (κ1) is 22.1. The molecule has 2 aromatic carbocycles. The van der Waals surface area contributed by atoms with Crippen molar-refractivity contribution in [3.63, 3.8) is 0 Å². The van der Waals surface area contributed by atoms with E-state index in [1.165, 1.54) is 41.4 Å². The monoisotopic (exact) mass is 402 g/mol. The number of hydrogen-bond donors (Lipinski definition) is 0. The minimum atomic E-state index is -0.798. The van der Waals surface area contributed by atoms with E-state index >= 15 is 0 Å². The number of esters is 1. The fourth-order valence-electron chi connectivity index (χ4n) is 2.85. The molecule has 0 fully saturated rings. The normalized spacial score (nSPS) is 12.5. The summed E-state index contributed by atoms with van der Waals surface area (Å²) in [5.74, 6) is 0.673. The second kappa shape index (κ2) is 9.82. The first-order chi connectivity index (χ1) is 13.9. The van der Waals surface area contributed by atoms with Crippen molar-refractivity contribution in [2.45, 2.75) is 20.0 Å². The third-order valence-electron chi connectivity index (χ3n) is 4.68. The molecule has 0 aliphatic carbocycles. The Kier molecular flexibility index (Phi) is 7.47. The Labute approximate surface area is 170 Å². The van der Waals surface area contributed by atoms with Gasteiger partial charge in [0.1, 0.15) is 11.9 Å². The molecule has 0 aliphatic rings. The fraction of sp³-hybridized carbons (Fsp3) is 0.364. The molecule has 2 atom stereocenters. The molecular formula is C22H26O7. The van der Waals surface area contributed by atoms with E-state index in [0.29, 0.717) is 28.6 Å². The van der Waals surface area contributed by atoms with E-state index in [1.54, 1.807) is 37.3 Å². The maximum atomic E-state index is 12.8. The molecule has 0 radical (unpaired) electrons. The van der Waals surface area contributed by atoms with Crippen molar-refractivity contribution < 1.29 is 33.3 Å². The number of methoxy groups -OCH3 is 4. The molecule has 0 heterocycles. The zero-order chi connectivity index (χ0) is 21.6. The molecule has 7 heteroatoms. The number of hydrogen-bond acceptors (Lipinski definition) is 7. The quantitative estimate of drug-likeness (QED) is 0.590. The van der Waals surface area contributed by atoms with Crippen molar-refractivity contribution in [2.75, 3.05) is 28.4 Å². The molecule has 0 spiro atoms. The molecule has 156 valence electrons. The number of rotatable bonds is 9. The summed E-state index contributed by atoms with van der Waals surface area (Å²) in [7, 11) is 6.04. The highest BCUT2D eigenvalue weighted by Crippen LogP contribution is 2.35. The van der Waals surface area contributed by atoms with Crippen LogP contribution in [0.4, 0.5) is 0 Å². The lowest BCUT2D eigenvalue weighted by Crippen LogP contribution is -2.23. The average Bonchev–Trinajstić information content (AvgIpc) is 2.75. The van der Waals surface area contributed by atoms with Crippen LogP contribution in [0.5, 0.6) is 23.0 Å². The van der Waals surface area contributed by atoms with Crippen LogP contribution < -0.4 is 18.9 Å². The van der Waals surface area contributed by atoms with Gasteiger partial charge in [-0.25, -0.2) is 4.79 Å². The van der Waals surface area contributed by atoms with Crippen molar-refractivity contribution in [1.82, 2.24) is 0 Å². The van der Waals surface area contributed by atoms with E-state index in [9.17, 15) is 9.59 Å². The number of benzene rings is 2. The summed E-state index contributed by atoms with van der Waals surface area (Å²) in [5, 5.41) is 0. The summed E-state index contributed by atoms with van der Waals surface area (Å²) in [6, 6.07) is 9.88.